The fraction of sp³-hybridized carbons (Fsp3) is 0.367. The van der Waals surface area contributed by atoms with Crippen LogP contribution in [0.25, 0.3) is 11.1 Å². The molecule has 3 aromatic carbocycles. The lowest BCUT2D eigenvalue weighted by Gasteiger charge is -2.31. The van der Waals surface area contributed by atoms with Gasteiger partial charge in [0.2, 0.25) is 0 Å². The Balaban J connectivity index is 1.53. The molecular formula is C30H33Cl2NO4S. The maximum Gasteiger partial charge on any atom is 0.263 e. The molecule has 4 rings (SSSR count). The molecular weight excluding hydrogens is 541 g/mol. The van der Waals surface area contributed by atoms with Gasteiger partial charge in [0.25, 0.3) is 5.91 Å². The SMILES string of the molecule is CC(Oc1ccc(C(C)(C)C)cc1)C(=O)N(Cc1ccc(-c2ccc(Cl)cc2Cl)cc1)C1CCS(=O)(=O)C1. The van der Waals surface area contributed by atoms with Gasteiger partial charge in [-0.05, 0) is 59.7 Å². The molecule has 0 spiro atoms. The number of rotatable bonds is 7. The summed E-state index contributed by atoms with van der Waals surface area (Å²) in [6, 6.07) is 20.4. The van der Waals surface area contributed by atoms with E-state index in [1.54, 1.807) is 24.0 Å². The smallest absolute Gasteiger partial charge is 0.263 e. The fourth-order valence-corrected chi connectivity index (χ4v) is 6.89. The van der Waals surface area contributed by atoms with Crippen molar-refractivity contribution in [1.29, 1.82) is 0 Å². The Bertz CT molecular complexity index is 1400. The number of carbonyl (C=O) groups is 1. The van der Waals surface area contributed by atoms with Gasteiger partial charge in [-0.3, -0.25) is 4.79 Å². The Labute approximate surface area is 235 Å². The van der Waals surface area contributed by atoms with Crippen LogP contribution in [0.5, 0.6) is 5.75 Å². The molecule has 0 aromatic heterocycles. The average molecular weight is 575 g/mol. The van der Waals surface area contributed by atoms with Crippen molar-refractivity contribution in [1.82, 2.24) is 4.90 Å². The zero-order valence-electron chi connectivity index (χ0n) is 22.1. The first-order valence-electron chi connectivity index (χ1n) is 12.6. The molecule has 3 aromatic rings. The van der Waals surface area contributed by atoms with Crippen LogP contribution >= 0.6 is 23.2 Å². The van der Waals surface area contributed by atoms with Gasteiger partial charge in [0.05, 0.1) is 11.5 Å². The largest absolute Gasteiger partial charge is 0.481 e. The molecule has 0 bridgehead atoms. The maximum absolute atomic E-state index is 13.6. The van der Waals surface area contributed by atoms with Crippen LogP contribution in [0.2, 0.25) is 10.0 Å². The zero-order chi connectivity index (χ0) is 27.7. The second-order valence-corrected chi connectivity index (χ2v) is 14.0. The molecule has 0 aliphatic carbocycles. The molecule has 1 amide bonds. The Kier molecular flexibility index (Phi) is 8.46. The van der Waals surface area contributed by atoms with Crippen LogP contribution in [0.3, 0.4) is 0 Å². The van der Waals surface area contributed by atoms with E-state index >= 15 is 0 Å². The third kappa shape index (κ3) is 6.90. The van der Waals surface area contributed by atoms with Crippen molar-refractivity contribution >= 4 is 38.9 Å². The number of ether oxygens (including phenoxy) is 1. The Morgan fingerprint density at radius 3 is 2.24 bits per heavy atom. The standard InChI is InChI=1S/C30H33Cl2NO4S/c1-20(37-26-12-9-23(10-13-26)30(2,3)4)29(34)33(25-15-16-38(35,36)19-25)18-21-5-7-22(8-6-21)27-14-11-24(31)17-28(27)32/h5-14,17,20,25H,15-16,18-19H2,1-4H3. The Morgan fingerprint density at radius 2 is 1.68 bits per heavy atom. The first-order valence-corrected chi connectivity index (χ1v) is 15.2. The zero-order valence-corrected chi connectivity index (χ0v) is 24.4. The second kappa shape index (κ2) is 11.3. The molecule has 8 heteroatoms. The van der Waals surface area contributed by atoms with Crippen molar-refractivity contribution in [3.05, 3.63) is 87.9 Å². The van der Waals surface area contributed by atoms with E-state index in [-0.39, 0.29) is 29.4 Å². The van der Waals surface area contributed by atoms with E-state index in [9.17, 15) is 13.2 Å². The van der Waals surface area contributed by atoms with E-state index in [0.717, 1.165) is 16.7 Å². The lowest BCUT2D eigenvalue weighted by atomic mass is 9.87. The minimum atomic E-state index is -3.18. The number of halogens is 2. The third-order valence-corrected chi connectivity index (χ3v) is 9.16. The number of sulfone groups is 1. The summed E-state index contributed by atoms with van der Waals surface area (Å²) in [5, 5.41) is 1.12. The maximum atomic E-state index is 13.6. The number of hydrogen-bond donors (Lipinski definition) is 0. The first kappa shape index (κ1) is 28.5. The minimum absolute atomic E-state index is 0.0131. The number of hydrogen-bond acceptors (Lipinski definition) is 4. The predicted molar refractivity (Wildman–Crippen MR) is 155 cm³/mol. The number of carbonyl (C=O) groups excluding carboxylic acids is 1. The molecule has 0 radical (unpaired) electrons. The van der Waals surface area contributed by atoms with E-state index < -0.39 is 22.0 Å². The predicted octanol–water partition coefficient (Wildman–Crippen LogP) is 6.94. The van der Waals surface area contributed by atoms with E-state index in [2.05, 4.69) is 20.8 Å². The van der Waals surface area contributed by atoms with E-state index in [1.807, 2.05) is 54.6 Å². The highest BCUT2D eigenvalue weighted by Crippen LogP contribution is 2.31. The molecule has 1 heterocycles. The van der Waals surface area contributed by atoms with E-state index in [0.29, 0.717) is 22.2 Å². The van der Waals surface area contributed by atoms with Crippen molar-refractivity contribution in [2.24, 2.45) is 0 Å². The summed E-state index contributed by atoms with van der Waals surface area (Å²) in [6.07, 6.45) is -0.356. The van der Waals surface area contributed by atoms with Crippen molar-refractivity contribution < 1.29 is 17.9 Å². The van der Waals surface area contributed by atoms with Gasteiger partial charge >= 0.3 is 0 Å². The lowest BCUT2D eigenvalue weighted by molar-refractivity contribution is -0.140. The topological polar surface area (TPSA) is 63.7 Å². The molecule has 2 unspecified atom stereocenters. The van der Waals surface area contributed by atoms with Crippen molar-refractivity contribution in [2.75, 3.05) is 11.5 Å². The average Bonchev–Trinajstić information content (AvgIpc) is 3.21. The van der Waals surface area contributed by atoms with Crippen LogP contribution in [0.4, 0.5) is 0 Å². The molecule has 38 heavy (non-hydrogen) atoms. The van der Waals surface area contributed by atoms with E-state index in [4.69, 9.17) is 27.9 Å². The van der Waals surface area contributed by atoms with Gasteiger partial charge in [-0.2, -0.15) is 0 Å². The van der Waals surface area contributed by atoms with Gasteiger partial charge in [0.15, 0.2) is 15.9 Å². The molecule has 0 saturated carbocycles. The first-order chi connectivity index (χ1) is 17.8. The normalized spacial score (nSPS) is 17.7. The monoisotopic (exact) mass is 573 g/mol. The van der Waals surface area contributed by atoms with Crippen LogP contribution in [0, 0.1) is 0 Å². The Hall–Kier alpha value is -2.54. The fourth-order valence-electron chi connectivity index (χ4n) is 4.64. The Morgan fingerprint density at radius 1 is 1.03 bits per heavy atom. The molecule has 5 nitrogen and oxygen atoms in total. The van der Waals surface area contributed by atoms with Crippen molar-refractivity contribution in [2.45, 2.75) is 58.2 Å². The van der Waals surface area contributed by atoms with Crippen LogP contribution in [-0.4, -0.2) is 42.9 Å². The minimum Gasteiger partial charge on any atom is -0.481 e. The molecule has 1 fully saturated rings. The highest BCUT2D eigenvalue weighted by atomic mass is 35.5. The van der Waals surface area contributed by atoms with Gasteiger partial charge in [-0.1, -0.05) is 86.4 Å². The van der Waals surface area contributed by atoms with Gasteiger partial charge < -0.3 is 9.64 Å². The summed E-state index contributed by atoms with van der Waals surface area (Å²) in [6.45, 7) is 8.41. The van der Waals surface area contributed by atoms with Gasteiger partial charge in [-0.15, -0.1) is 0 Å². The summed E-state index contributed by atoms with van der Waals surface area (Å²) in [4.78, 5) is 15.3. The van der Waals surface area contributed by atoms with Gasteiger partial charge in [-0.25, -0.2) is 8.42 Å². The molecule has 1 aliphatic heterocycles. The number of nitrogens with zero attached hydrogens (tertiary/aromatic N) is 1. The summed E-state index contributed by atoms with van der Waals surface area (Å²) in [5.74, 6) is 0.405. The molecule has 1 aliphatic rings. The van der Waals surface area contributed by atoms with E-state index in [1.165, 1.54) is 5.56 Å². The molecule has 202 valence electrons. The van der Waals surface area contributed by atoms with Crippen molar-refractivity contribution in [3.8, 4) is 16.9 Å². The van der Waals surface area contributed by atoms with Crippen LogP contribution in [0.1, 0.15) is 45.2 Å². The van der Waals surface area contributed by atoms with Crippen LogP contribution < -0.4 is 4.74 Å². The molecule has 0 N–H and O–H groups in total. The third-order valence-electron chi connectivity index (χ3n) is 6.86. The quantitative estimate of drug-likeness (QED) is 0.307. The van der Waals surface area contributed by atoms with Gasteiger partial charge in [0.1, 0.15) is 5.75 Å². The lowest BCUT2D eigenvalue weighted by Crippen LogP contribution is -2.46. The number of benzene rings is 3. The van der Waals surface area contributed by atoms with Gasteiger partial charge in [0, 0.05) is 28.2 Å². The van der Waals surface area contributed by atoms with Crippen molar-refractivity contribution in [3.63, 3.8) is 0 Å². The summed E-state index contributed by atoms with van der Waals surface area (Å²) in [5.41, 5.74) is 3.85. The molecule has 2 atom stereocenters. The second-order valence-electron chi connectivity index (χ2n) is 10.9. The highest BCUT2D eigenvalue weighted by molar-refractivity contribution is 7.91. The number of amides is 1. The van der Waals surface area contributed by atoms with Crippen LogP contribution in [-0.2, 0) is 26.6 Å². The van der Waals surface area contributed by atoms with Crippen LogP contribution in [0.15, 0.2) is 66.7 Å². The molecule has 1 saturated heterocycles. The summed E-state index contributed by atoms with van der Waals surface area (Å²) in [7, 11) is -3.18. The summed E-state index contributed by atoms with van der Waals surface area (Å²) >= 11 is 12.4. The highest BCUT2D eigenvalue weighted by Gasteiger charge is 2.36. The summed E-state index contributed by atoms with van der Waals surface area (Å²) < 4.78 is 30.5.